The predicted molar refractivity (Wildman–Crippen MR) is 68.1 cm³/mol. The number of rotatable bonds is 0. The third-order valence-corrected chi connectivity index (χ3v) is 3.17. The van der Waals surface area contributed by atoms with E-state index in [4.69, 9.17) is 0 Å². The highest BCUT2D eigenvalue weighted by Gasteiger charge is 2.34. The van der Waals surface area contributed by atoms with E-state index < -0.39 is 0 Å². The minimum Gasteiger partial charge on any atom is -0.292 e. The van der Waals surface area contributed by atoms with Crippen LogP contribution in [0.2, 0.25) is 0 Å². The molecule has 0 radical (unpaired) electrons. The van der Waals surface area contributed by atoms with Gasteiger partial charge in [0.05, 0.1) is 0 Å². The fourth-order valence-corrected chi connectivity index (χ4v) is 2.36. The third-order valence-electron chi connectivity index (χ3n) is 3.17. The Morgan fingerprint density at radius 2 is 1.67 bits per heavy atom. The maximum absolute atomic E-state index is 2.65. The van der Waals surface area contributed by atoms with Gasteiger partial charge in [-0.05, 0) is 45.6 Å². The second-order valence-electron chi connectivity index (χ2n) is 6.75. The van der Waals surface area contributed by atoms with E-state index in [1.54, 1.807) is 0 Å². The van der Waals surface area contributed by atoms with Crippen molar-refractivity contribution < 1.29 is 0 Å². The Morgan fingerprint density at radius 1 is 1.07 bits per heavy atom. The summed E-state index contributed by atoms with van der Waals surface area (Å²) in [6.07, 6.45) is 7.30. The summed E-state index contributed by atoms with van der Waals surface area (Å²) in [5, 5.41) is 0. The topological polar surface area (TPSA) is 3.24 Å². The third kappa shape index (κ3) is 3.34. The summed E-state index contributed by atoms with van der Waals surface area (Å²) >= 11 is 0. The zero-order valence-corrected chi connectivity index (χ0v) is 11.3. The van der Waals surface area contributed by atoms with Gasteiger partial charge in [-0.3, -0.25) is 4.90 Å². The average molecular weight is 209 g/mol. The monoisotopic (exact) mass is 209 g/mol. The zero-order chi connectivity index (χ0) is 11.7. The lowest BCUT2D eigenvalue weighted by Crippen LogP contribution is -2.52. The van der Waals surface area contributed by atoms with Crippen molar-refractivity contribution in [3.05, 3.63) is 12.2 Å². The molecule has 1 atom stereocenters. The van der Waals surface area contributed by atoms with Crippen LogP contribution in [0.15, 0.2) is 12.2 Å². The number of hydrogen-bond donors (Lipinski definition) is 0. The Bertz CT molecular complexity index is 227. The highest BCUT2D eigenvalue weighted by molar-refractivity contribution is 5.05. The van der Waals surface area contributed by atoms with Gasteiger partial charge in [-0.2, -0.15) is 0 Å². The molecule has 0 fully saturated rings. The van der Waals surface area contributed by atoms with Gasteiger partial charge in [0.25, 0.3) is 0 Å². The molecule has 1 aliphatic rings. The first kappa shape index (κ1) is 12.8. The van der Waals surface area contributed by atoms with E-state index in [0.29, 0.717) is 11.5 Å². The van der Waals surface area contributed by atoms with Crippen LogP contribution in [0, 0.1) is 5.41 Å². The van der Waals surface area contributed by atoms with Crippen molar-refractivity contribution in [1.82, 2.24) is 4.90 Å². The molecule has 0 bridgehead atoms. The van der Waals surface area contributed by atoms with Crippen LogP contribution >= 0.6 is 0 Å². The number of allylic oxidation sites excluding steroid dienone is 1. The second-order valence-corrected chi connectivity index (χ2v) is 6.75. The minimum atomic E-state index is 0.270. The molecule has 0 amide bonds. The van der Waals surface area contributed by atoms with Gasteiger partial charge < -0.3 is 0 Å². The predicted octanol–water partition coefficient (Wildman–Crippen LogP) is 3.85. The van der Waals surface area contributed by atoms with Crippen LogP contribution in [-0.4, -0.2) is 23.0 Å². The van der Waals surface area contributed by atoms with E-state index >= 15 is 0 Å². The molecule has 1 heteroatoms. The molecule has 0 aliphatic carbocycles. The van der Waals surface area contributed by atoms with Crippen LogP contribution in [0.5, 0.6) is 0 Å². The SMILES string of the molecule is CC(C)(C)C1C=CCCCN1C(C)(C)C. The first-order valence-electron chi connectivity index (χ1n) is 6.16. The molecule has 0 saturated heterocycles. The Labute approximate surface area is 95.5 Å². The van der Waals surface area contributed by atoms with Crippen LogP contribution in [0.4, 0.5) is 0 Å². The number of hydrogen-bond acceptors (Lipinski definition) is 1. The smallest absolute Gasteiger partial charge is 0.0331 e. The largest absolute Gasteiger partial charge is 0.292 e. The van der Waals surface area contributed by atoms with Crippen LogP contribution in [-0.2, 0) is 0 Å². The molecule has 0 N–H and O–H groups in total. The van der Waals surface area contributed by atoms with Gasteiger partial charge in [-0.25, -0.2) is 0 Å². The second kappa shape index (κ2) is 4.29. The van der Waals surface area contributed by atoms with Crippen LogP contribution < -0.4 is 0 Å². The Balaban J connectivity index is 2.95. The van der Waals surface area contributed by atoms with Crippen molar-refractivity contribution in [3.8, 4) is 0 Å². The van der Waals surface area contributed by atoms with E-state index in [0.717, 1.165) is 0 Å². The fourth-order valence-electron chi connectivity index (χ4n) is 2.36. The van der Waals surface area contributed by atoms with Crippen molar-refractivity contribution in [3.63, 3.8) is 0 Å². The molecule has 1 heterocycles. The molecule has 1 aliphatic heterocycles. The summed E-state index contributed by atoms with van der Waals surface area (Å²) in [7, 11) is 0. The Morgan fingerprint density at radius 3 is 2.13 bits per heavy atom. The fraction of sp³-hybridized carbons (Fsp3) is 0.857. The normalized spacial score (nSPS) is 25.3. The molecule has 88 valence electrons. The summed E-state index contributed by atoms with van der Waals surface area (Å²) in [6.45, 7) is 15.2. The number of nitrogens with zero attached hydrogens (tertiary/aromatic N) is 1. The first-order chi connectivity index (χ1) is 6.73. The summed E-state index contributed by atoms with van der Waals surface area (Å²) in [4.78, 5) is 2.65. The van der Waals surface area contributed by atoms with Crippen molar-refractivity contribution in [2.75, 3.05) is 6.54 Å². The zero-order valence-electron chi connectivity index (χ0n) is 11.3. The standard InChI is InChI=1S/C14H27N/c1-13(2,3)12-10-8-7-9-11-15(12)14(4,5)6/h8,10,12H,7,9,11H2,1-6H3. The molecule has 0 spiro atoms. The van der Waals surface area contributed by atoms with E-state index in [9.17, 15) is 0 Å². The lowest BCUT2D eigenvalue weighted by Gasteiger charge is -2.45. The van der Waals surface area contributed by atoms with Gasteiger partial charge in [0.15, 0.2) is 0 Å². The van der Waals surface area contributed by atoms with E-state index in [1.165, 1.54) is 19.4 Å². The van der Waals surface area contributed by atoms with Crippen molar-refractivity contribution in [1.29, 1.82) is 0 Å². The van der Waals surface area contributed by atoms with Gasteiger partial charge in [0, 0.05) is 11.6 Å². The summed E-state index contributed by atoms with van der Waals surface area (Å²) in [5.41, 5.74) is 0.598. The lowest BCUT2D eigenvalue weighted by atomic mass is 9.83. The highest BCUT2D eigenvalue weighted by atomic mass is 15.2. The molecule has 0 aromatic carbocycles. The van der Waals surface area contributed by atoms with Gasteiger partial charge >= 0.3 is 0 Å². The molecule has 1 nitrogen and oxygen atoms in total. The maximum Gasteiger partial charge on any atom is 0.0331 e. The molecular weight excluding hydrogens is 182 g/mol. The van der Waals surface area contributed by atoms with Crippen molar-refractivity contribution in [2.45, 2.75) is 66.0 Å². The molecule has 0 aromatic heterocycles. The van der Waals surface area contributed by atoms with Gasteiger partial charge in [0.1, 0.15) is 0 Å². The highest BCUT2D eigenvalue weighted by Crippen LogP contribution is 2.32. The average Bonchev–Trinajstić information content (AvgIpc) is 2.24. The molecule has 1 unspecified atom stereocenters. The molecule has 1 rings (SSSR count). The van der Waals surface area contributed by atoms with Gasteiger partial charge in [-0.1, -0.05) is 32.9 Å². The Kier molecular flexibility index (Phi) is 3.65. The van der Waals surface area contributed by atoms with Crippen LogP contribution in [0.3, 0.4) is 0 Å². The van der Waals surface area contributed by atoms with E-state index in [-0.39, 0.29) is 5.54 Å². The van der Waals surface area contributed by atoms with Crippen molar-refractivity contribution in [2.24, 2.45) is 5.41 Å². The van der Waals surface area contributed by atoms with Crippen LogP contribution in [0.25, 0.3) is 0 Å². The van der Waals surface area contributed by atoms with E-state index in [2.05, 4.69) is 58.6 Å². The van der Waals surface area contributed by atoms with Gasteiger partial charge in [0.2, 0.25) is 0 Å². The quantitative estimate of drug-likeness (QED) is 0.548. The molecular formula is C14H27N. The lowest BCUT2D eigenvalue weighted by molar-refractivity contribution is 0.0504. The summed E-state index contributed by atoms with van der Waals surface area (Å²) in [6, 6.07) is 0.569. The van der Waals surface area contributed by atoms with Crippen molar-refractivity contribution >= 4 is 0 Å². The summed E-state index contributed by atoms with van der Waals surface area (Å²) in [5.74, 6) is 0. The molecule has 0 aromatic rings. The van der Waals surface area contributed by atoms with Crippen LogP contribution in [0.1, 0.15) is 54.4 Å². The molecule has 0 saturated carbocycles. The van der Waals surface area contributed by atoms with E-state index in [1.807, 2.05) is 0 Å². The minimum absolute atomic E-state index is 0.270. The molecule has 15 heavy (non-hydrogen) atoms. The Hall–Kier alpha value is -0.300. The maximum atomic E-state index is 2.65. The first-order valence-corrected chi connectivity index (χ1v) is 6.16. The summed E-state index contributed by atoms with van der Waals surface area (Å²) < 4.78 is 0. The van der Waals surface area contributed by atoms with Gasteiger partial charge in [-0.15, -0.1) is 0 Å².